The largest absolute Gasteiger partial charge is 0.317 e. The zero-order chi connectivity index (χ0) is 20.3. The van der Waals surface area contributed by atoms with Gasteiger partial charge in [-0.1, -0.05) is 18.5 Å². The van der Waals surface area contributed by atoms with Gasteiger partial charge in [0, 0.05) is 16.3 Å². The Hall–Kier alpha value is -1.88. The lowest BCUT2D eigenvalue weighted by molar-refractivity contribution is -0.116. The summed E-state index contributed by atoms with van der Waals surface area (Å²) in [4.78, 5) is 13.7. The zero-order valence-corrected chi connectivity index (χ0v) is 17.9. The van der Waals surface area contributed by atoms with Gasteiger partial charge in [-0.15, -0.1) is 11.3 Å². The van der Waals surface area contributed by atoms with Crippen LogP contribution in [0.25, 0.3) is 0 Å². The molecule has 1 unspecified atom stereocenters. The minimum absolute atomic E-state index is 0.0800. The lowest BCUT2D eigenvalue weighted by atomic mass is 9.89. The zero-order valence-electron chi connectivity index (χ0n) is 15.5. The second kappa shape index (κ2) is 8.64. The van der Waals surface area contributed by atoms with Gasteiger partial charge in [0.15, 0.2) is 9.84 Å². The molecule has 0 saturated heterocycles. The van der Waals surface area contributed by atoms with Crippen molar-refractivity contribution in [3.8, 4) is 6.07 Å². The third-order valence-corrected chi connectivity index (χ3v) is 8.10. The highest BCUT2D eigenvalue weighted by Gasteiger charge is 2.24. The van der Waals surface area contributed by atoms with Crippen LogP contribution in [0.15, 0.2) is 29.2 Å². The number of nitriles is 1. The van der Waals surface area contributed by atoms with E-state index in [1.807, 2.05) is 0 Å². The molecule has 1 aromatic heterocycles. The van der Waals surface area contributed by atoms with Crippen LogP contribution in [0.3, 0.4) is 0 Å². The Kier molecular flexibility index (Phi) is 6.43. The first-order chi connectivity index (χ1) is 13.3. The number of halogens is 1. The van der Waals surface area contributed by atoms with Crippen molar-refractivity contribution in [1.82, 2.24) is 0 Å². The molecule has 5 nitrogen and oxygen atoms in total. The summed E-state index contributed by atoms with van der Waals surface area (Å²) in [6.07, 6.45) is 3.14. The molecule has 3 rings (SSSR count). The minimum Gasteiger partial charge on any atom is -0.317 e. The molecule has 0 bridgehead atoms. The van der Waals surface area contributed by atoms with Crippen molar-refractivity contribution in [2.75, 3.05) is 11.1 Å². The van der Waals surface area contributed by atoms with Gasteiger partial charge in [-0.3, -0.25) is 4.79 Å². The van der Waals surface area contributed by atoms with E-state index in [0.29, 0.717) is 21.5 Å². The summed E-state index contributed by atoms with van der Waals surface area (Å²) in [5.41, 5.74) is 1.63. The molecule has 0 saturated carbocycles. The third kappa shape index (κ3) is 4.75. The average molecular weight is 437 g/mol. The summed E-state index contributed by atoms with van der Waals surface area (Å²) < 4.78 is 24.7. The van der Waals surface area contributed by atoms with E-state index in [4.69, 9.17) is 11.6 Å². The quantitative estimate of drug-likeness (QED) is 0.717. The van der Waals surface area contributed by atoms with Gasteiger partial charge in [-0.05, 0) is 61.4 Å². The highest BCUT2D eigenvalue weighted by Crippen LogP contribution is 2.39. The molecule has 148 valence electrons. The number of hydrogen-bond donors (Lipinski definition) is 1. The van der Waals surface area contributed by atoms with E-state index >= 15 is 0 Å². The number of sulfone groups is 1. The number of hydrogen-bond acceptors (Lipinski definition) is 5. The summed E-state index contributed by atoms with van der Waals surface area (Å²) in [6, 6.07) is 8.22. The SMILES string of the molecule is CC1CCc2c(sc(NC(=O)CCCS(=O)(=O)c3ccc(Cl)cc3)c2C#N)C1. The van der Waals surface area contributed by atoms with E-state index in [9.17, 15) is 18.5 Å². The van der Waals surface area contributed by atoms with Crippen molar-refractivity contribution in [2.24, 2.45) is 5.92 Å². The molecule has 0 fully saturated rings. The van der Waals surface area contributed by atoms with E-state index in [-0.39, 0.29) is 29.4 Å². The van der Waals surface area contributed by atoms with E-state index in [0.717, 1.165) is 24.8 Å². The Morgan fingerprint density at radius 1 is 1.36 bits per heavy atom. The molecular weight excluding hydrogens is 416 g/mol. The Morgan fingerprint density at radius 2 is 2.07 bits per heavy atom. The molecule has 1 aromatic carbocycles. The summed E-state index contributed by atoms with van der Waals surface area (Å²) in [6.45, 7) is 2.19. The van der Waals surface area contributed by atoms with Crippen LogP contribution in [0.2, 0.25) is 5.02 Å². The smallest absolute Gasteiger partial charge is 0.225 e. The number of benzene rings is 1. The van der Waals surface area contributed by atoms with Crippen molar-refractivity contribution < 1.29 is 13.2 Å². The van der Waals surface area contributed by atoms with Gasteiger partial charge < -0.3 is 5.32 Å². The number of nitrogens with one attached hydrogen (secondary N) is 1. The number of thiophene rings is 1. The monoisotopic (exact) mass is 436 g/mol. The van der Waals surface area contributed by atoms with Crippen molar-refractivity contribution in [2.45, 2.75) is 43.9 Å². The Bertz CT molecular complexity index is 1020. The van der Waals surface area contributed by atoms with Crippen LogP contribution in [0.5, 0.6) is 0 Å². The molecule has 1 aliphatic carbocycles. The molecule has 2 aromatic rings. The van der Waals surface area contributed by atoms with Gasteiger partial charge >= 0.3 is 0 Å². The normalized spacial score (nSPS) is 16.2. The van der Waals surface area contributed by atoms with Crippen molar-refractivity contribution in [3.05, 3.63) is 45.3 Å². The van der Waals surface area contributed by atoms with Crippen LogP contribution in [-0.2, 0) is 27.5 Å². The number of carbonyl (C=O) groups is 1. The molecule has 1 N–H and O–H groups in total. The topological polar surface area (TPSA) is 87.0 Å². The fraction of sp³-hybridized carbons (Fsp3) is 0.400. The van der Waals surface area contributed by atoms with Gasteiger partial charge in [-0.25, -0.2) is 8.42 Å². The third-order valence-electron chi connectivity index (χ3n) is 4.87. The fourth-order valence-electron chi connectivity index (χ4n) is 3.33. The van der Waals surface area contributed by atoms with Crippen LogP contribution >= 0.6 is 22.9 Å². The van der Waals surface area contributed by atoms with Crippen LogP contribution in [-0.4, -0.2) is 20.1 Å². The predicted octanol–water partition coefficient (Wildman–Crippen LogP) is 4.59. The van der Waals surface area contributed by atoms with Crippen LogP contribution in [0, 0.1) is 17.2 Å². The molecule has 0 radical (unpaired) electrons. The first kappa shape index (κ1) is 20.8. The van der Waals surface area contributed by atoms with Gasteiger partial charge in [0.2, 0.25) is 5.91 Å². The highest BCUT2D eigenvalue weighted by atomic mass is 35.5. The number of rotatable bonds is 6. The maximum Gasteiger partial charge on any atom is 0.225 e. The van der Waals surface area contributed by atoms with Crippen molar-refractivity contribution in [1.29, 1.82) is 5.26 Å². The summed E-state index contributed by atoms with van der Waals surface area (Å²) in [5, 5.41) is 13.4. The number of anilines is 1. The maximum atomic E-state index is 12.3. The molecule has 1 heterocycles. The first-order valence-electron chi connectivity index (χ1n) is 9.13. The fourth-order valence-corrected chi connectivity index (χ4v) is 6.14. The molecular formula is C20H21ClN2O3S2. The standard InChI is InChI=1S/C20H21ClN2O3S2/c1-13-4-9-16-17(12-22)20(27-18(16)11-13)23-19(24)3-2-10-28(25,26)15-7-5-14(21)6-8-15/h5-8,13H,2-4,9-11H2,1H3,(H,23,24). The predicted molar refractivity (Wildman–Crippen MR) is 112 cm³/mol. The van der Waals surface area contributed by atoms with Crippen molar-refractivity contribution >= 4 is 43.7 Å². The second-order valence-corrected chi connectivity index (χ2v) is 10.7. The number of nitrogens with zero attached hydrogens (tertiary/aromatic N) is 1. The molecule has 0 spiro atoms. The van der Waals surface area contributed by atoms with Gasteiger partial charge in [0.25, 0.3) is 0 Å². The Morgan fingerprint density at radius 3 is 2.75 bits per heavy atom. The minimum atomic E-state index is -3.46. The van der Waals surface area contributed by atoms with E-state index in [1.54, 1.807) is 0 Å². The average Bonchev–Trinajstić information content (AvgIpc) is 2.97. The molecule has 8 heteroatoms. The molecule has 28 heavy (non-hydrogen) atoms. The highest BCUT2D eigenvalue weighted by molar-refractivity contribution is 7.91. The lowest BCUT2D eigenvalue weighted by Crippen LogP contribution is -2.14. The van der Waals surface area contributed by atoms with E-state index in [1.165, 1.54) is 40.5 Å². The van der Waals surface area contributed by atoms with Crippen molar-refractivity contribution in [3.63, 3.8) is 0 Å². The van der Waals surface area contributed by atoms with E-state index < -0.39 is 9.84 Å². The van der Waals surface area contributed by atoms with Gasteiger partial charge in [-0.2, -0.15) is 5.26 Å². The Labute approximate surface area is 174 Å². The number of amides is 1. The lowest BCUT2D eigenvalue weighted by Gasteiger charge is -2.17. The number of carbonyl (C=O) groups excluding carboxylic acids is 1. The van der Waals surface area contributed by atoms with E-state index in [2.05, 4.69) is 18.3 Å². The molecule has 1 atom stereocenters. The first-order valence-corrected chi connectivity index (χ1v) is 12.0. The summed E-state index contributed by atoms with van der Waals surface area (Å²) >= 11 is 7.26. The van der Waals surface area contributed by atoms with Crippen LogP contribution in [0.1, 0.15) is 42.2 Å². The summed E-state index contributed by atoms with van der Waals surface area (Å²) in [7, 11) is -3.46. The molecule has 1 aliphatic rings. The number of fused-ring (bicyclic) bond motifs is 1. The molecule has 1 amide bonds. The van der Waals surface area contributed by atoms with Crippen LogP contribution in [0.4, 0.5) is 5.00 Å². The van der Waals surface area contributed by atoms with Crippen LogP contribution < -0.4 is 5.32 Å². The van der Waals surface area contributed by atoms with Gasteiger partial charge in [0.1, 0.15) is 11.1 Å². The second-order valence-electron chi connectivity index (χ2n) is 7.09. The maximum absolute atomic E-state index is 12.3. The molecule has 0 aliphatic heterocycles. The summed E-state index contributed by atoms with van der Waals surface area (Å²) in [5.74, 6) is 0.194. The van der Waals surface area contributed by atoms with Gasteiger partial charge in [0.05, 0.1) is 16.2 Å². The Balaban J connectivity index is 1.59.